The third-order valence-electron chi connectivity index (χ3n) is 3.02. The summed E-state index contributed by atoms with van der Waals surface area (Å²) in [4.78, 5) is 0. The van der Waals surface area contributed by atoms with Gasteiger partial charge in [0.1, 0.15) is 0 Å². The van der Waals surface area contributed by atoms with E-state index in [2.05, 4.69) is 6.92 Å². The molecule has 0 aromatic carbocycles. The number of aliphatic hydroxyl groups is 2. The molecule has 0 aromatic rings. The van der Waals surface area contributed by atoms with Crippen molar-refractivity contribution in [3.05, 3.63) is 0 Å². The van der Waals surface area contributed by atoms with Gasteiger partial charge < -0.3 is 10.2 Å². The first-order valence-electron chi connectivity index (χ1n) is 4.51. The molecule has 0 saturated heterocycles. The van der Waals surface area contributed by atoms with Crippen LogP contribution in [0.4, 0.5) is 0 Å². The molecule has 1 rings (SSSR count). The molecule has 0 bridgehead atoms. The molecule has 1 aliphatic carbocycles. The first-order valence-corrected chi connectivity index (χ1v) is 4.51. The van der Waals surface area contributed by atoms with Gasteiger partial charge in [0.25, 0.3) is 0 Å². The highest BCUT2D eigenvalue weighted by atomic mass is 16.3. The molecule has 2 N–H and O–H groups in total. The van der Waals surface area contributed by atoms with Gasteiger partial charge >= 0.3 is 0 Å². The summed E-state index contributed by atoms with van der Waals surface area (Å²) in [6.07, 6.45) is 3.51. The largest absolute Gasteiger partial charge is 0.396 e. The van der Waals surface area contributed by atoms with Gasteiger partial charge in [0.15, 0.2) is 0 Å². The summed E-state index contributed by atoms with van der Waals surface area (Å²) >= 11 is 0. The number of aliphatic hydroxyl groups excluding tert-OH is 2. The molecule has 2 heteroatoms. The minimum atomic E-state index is 0.242. The summed E-state index contributed by atoms with van der Waals surface area (Å²) in [6, 6.07) is 0. The average molecular weight is 158 g/mol. The predicted octanol–water partition coefficient (Wildman–Crippen LogP) is 1.02. The van der Waals surface area contributed by atoms with Gasteiger partial charge in [0.05, 0.1) is 0 Å². The van der Waals surface area contributed by atoms with Crippen molar-refractivity contribution in [2.24, 2.45) is 17.8 Å². The maximum atomic E-state index is 9.05. The molecule has 0 aromatic heterocycles. The van der Waals surface area contributed by atoms with Crippen LogP contribution in [0.5, 0.6) is 0 Å². The molecule has 0 spiro atoms. The van der Waals surface area contributed by atoms with Crippen molar-refractivity contribution < 1.29 is 10.2 Å². The zero-order valence-corrected chi connectivity index (χ0v) is 7.16. The van der Waals surface area contributed by atoms with E-state index in [4.69, 9.17) is 10.2 Å². The summed E-state index contributed by atoms with van der Waals surface area (Å²) in [5.41, 5.74) is 0. The van der Waals surface area contributed by atoms with Crippen molar-refractivity contribution in [3.8, 4) is 0 Å². The van der Waals surface area contributed by atoms with Crippen LogP contribution in [0, 0.1) is 17.8 Å². The predicted molar refractivity (Wildman–Crippen MR) is 44.2 cm³/mol. The van der Waals surface area contributed by atoms with Crippen LogP contribution >= 0.6 is 0 Å². The highest BCUT2D eigenvalue weighted by Crippen LogP contribution is 2.33. The van der Waals surface area contributed by atoms with Gasteiger partial charge in [-0.1, -0.05) is 19.8 Å². The van der Waals surface area contributed by atoms with E-state index in [1.807, 2.05) is 0 Å². The van der Waals surface area contributed by atoms with Crippen LogP contribution in [-0.4, -0.2) is 23.4 Å². The molecule has 0 radical (unpaired) electrons. The highest BCUT2D eigenvalue weighted by molar-refractivity contribution is 4.78. The lowest BCUT2D eigenvalue weighted by Crippen LogP contribution is -2.31. The smallest absolute Gasteiger partial charge is 0.0465 e. The fraction of sp³-hybridized carbons (Fsp3) is 1.00. The molecule has 1 saturated carbocycles. The lowest BCUT2D eigenvalue weighted by Gasteiger charge is -2.34. The first-order chi connectivity index (χ1) is 5.29. The third-order valence-corrected chi connectivity index (χ3v) is 3.02. The van der Waals surface area contributed by atoms with Crippen LogP contribution in [-0.2, 0) is 0 Å². The zero-order chi connectivity index (χ0) is 8.27. The van der Waals surface area contributed by atoms with Crippen molar-refractivity contribution in [1.29, 1.82) is 0 Å². The Morgan fingerprint density at radius 2 is 1.91 bits per heavy atom. The Labute approximate surface area is 68.2 Å². The Morgan fingerprint density at radius 3 is 2.36 bits per heavy atom. The lowest BCUT2D eigenvalue weighted by atomic mass is 9.73. The van der Waals surface area contributed by atoms with Crippen molar-refractivity contribution in [2.45, 2.75) is 26.2 Å². The number of hydrogen-bond acceptors (Lipinski definition) is 2. The van der Waals surface area contributed by atoms with Crippen molar-refractivity contribution in [1.82, 2.24) is 0 Å². The van der Waals surface area contributed by atoms with Crippen molar-refractivity contribution in [2.75, 3.05) is 13.2 Å². The van der Waals surface area contributed by atoms with Gasteiger partial charge in [-0.05, 0) is 24.2 Å². The first kappa shape index (κ1) is 9.01. The second-order valence-corrected chi connectivity index (χ2v) is 3.70. The molecule has 0 aliphatic heterocycles. The van der Waals surface area contributed by atoms with Crippen molar-refractivity contribution >= 4 is 0 Å². The quantitative estimate of drug-likeness (QED) is 0.630. The zero-order valence-electron chi connectivity index (χ0n) is 7.16. The van der Waals surface area contributed by atoms with Gasteiger partial charge in [0, 0.05) is 13.2 Å². The van der Waals surface area contributed by atoms with Gasteiger partial charge in [-0.15, -0.1) is 0 Å². The Bertz CT molecular complexity index is 114. The van der Waals surface area contributed by atoms with E-state index in [-0.39, 0.29) is 13.2 Å². The summed E-state index contributed by atoms with van der Waals surface area (Å²) in [5.74, 6) is 1.28. The van der Waals surface area contributed by atoms with E-state index >= 15 is 0 Å². The Kier molecular flexibility index (Phi) is 3.34. The van der Waals surface area contributed by atoms with E-state index in [0.29, 0.717) is 17.8 Å². The number of hydrogen-bond donors (Lipinski definition) is 2. The van der Waals surface area contributed by atoms with E-state index < -0.39 is 0 Å². The summed E-state index contributed by atoms with van der Waals surface area (Å²) in [7, 11) is 0. The van der Waals surface area contributed by atoms with E-state index in [1.165, 1.54) is 12.8 Å². The SMILES string of the molecule is C[C@@H]1CCC[C@H](CO)[C@@H]1CO. The van der Waals surface area contributed by atoms with Crippen LogP contribution in [0.15, 0.2) is 0 Å². The molecule has 0 unspecified atom stereocenters. The van der Waals surface area contributed by atoms with Gasteiger partial charge in [-0.2, -0.15) is 0 Å². The molecule has 0 heterocycles. The van der Waals surface area contributed by atoms with Crippen LogP contribution in [0.2, 0.25) is 0 Å². The minimum Gasteiger partial charge on any atom is -0.396 e. The van der Waals surface area contributed by atoms with Crippen molar-refractivity contribution in [3.63, 3.8) is 0 Å². The second kappa shape index (κ2) is 4.07. The third kappa shape index (κ3) is 1.94. The van der Waals surface area contributed by atoms with Crippen LogP contribution in [0.3, 0.4) is 0 Å². The Morgan fingerprint density at radius 1 is 1.18 bits per heavy atom. The van der Waals surface area contributed by atoms with Gasteiger partial charge in [-0.3, -0.25) is 0 Å². The Hall–Kier alpha value is -0.0800. The molecule has 0 amide bonds. The molecule has 11 heavy (non-hydrogen) atoms. The topological polar surface area (TPSA) is 40.5 Å². The van der Waals surface area contributed by atoms with Gasteiger partial charge in [-0.25, -0.2) is 0 Å². The average Bonchev–Trinajstić information content (AvgIpc) is 2.04. The van der Waals surface area contributed by atoms with Gasteiger partial charge in [0.2, 0.25) is 0 Å². The van der Waals surface area contributed by atoms with Crippen LogP contribution in [0.1, 0.15) is 26.2 Å². The Balaban J connectivity index is 2.48. The van der Waals surface area contributed by atoms with E-state index in [9.17, 15) is 0 Å². The highest BCUT2D eigenvalue weighted by Gasteiger charge is 2.29. The van der Waals surface area contributed by atoms with Crippen LogP contribution < -0.4 is 0 Å². The van der Waals surface area contributed by atoms with E-state index in [0.717, 1.165) is 6.42 Å². The maximum absolute atomic E-state index is 9.05. The second-order valence-electron chi connectivity index (χ2n) is 3.70. The standard InChI is InChI=1S/C9H18O2/c1-7-3-2-4-8(5-10)9(7)6-11/h7-11H,2-6H2,1H3/t7-,8-,9-/m1/s1. The maximum Gasteiger partial charge on any atom is 0.0465 e. The number of rotatable bonds is 2. The fourth-order valence-corrected chi connectivity index (χ4v) is 2.15. The molecule has 1 fully saturated rings. The van der Waals surface area contributed by atoms with E-state index in [1.54, 1.807) is 0 Å². The molecule has 1 aliphatic rings. The summed E-state index contributed by atoms with van der Waals surface area (Å²) in [5, 5.41) is 18.1. The lowest BCUT2D eigenvalue weighted by molar-refractivity contribution is 0.0519. The fourth-order valence-electron chi connectivity index (χ4n) is 2.15. The minimum absolute atomic E-state index is 0.242. The normalized spacial score (nSPS) is 39.0. The molecular formula is C9H18O2. The molecular weight excluding hydrogens is 140 g/mol. The monoisotopic (exact) mass is 158 g/mol. The summed E-state index contributed by atoms with van der Waals surface area (Å²) < 4.78 is 0. The molecule has 66 valence electrons. The van der Waals surface area contributed by atoms with Crippen LogP contribution in [0.25, 0.3) is 0 Å². The molecule has 2 nitrogen and oxygen atoms in total. The summed E-state index contributed by atoms with van der Waals surface area (Å²) in [6.45, 7) is 2.66. The molecule has 3 atom stereocenters.